The van der Waals surface area contributed by atoms with E-state index < -0.39 is 0 Å². The molecule has 148 valence electrons. The molecule has 29 heavy (non-hydrogen) atoms. The van der Waals surface area contributed by atoms with E-state index in [1.165, 1.54) is 11.3 Å². The Balaban J connectivity index is 1.51. The van der Waals surface area contributed by atoms with Crippen LogP contribution in [0.2, 0.25) is 0 Å². The highest BCUT2D eigenvalue weighted by molar-refractivity contribution is 7.99. The van der Waals surface area contributed by atoms with Crippen LogP contribution < -0.4 is 10.1 Å². The van der Waals surface area contributed by atoms with Gasteiger partial charge in [0.25, 0.3) is 5.91 Å². The van der Waals surface area contributed by atoms with Crippen molar-refractivity contribution in [1.29, 1.82) is 0 Å². The molecule has 1 N–H and O–H groups in total. The van der Waals surface area contributed by atoms with Crippen molar-refractivity contribution < 1.29 is 13.9 Å². The van der Waals surface area contributed by atoms with E-state index in [2.05, 4.69) is 24.1 Å². The van der Waals surface area contributed by atoms with Crippen molar-refractivity contribution in [1.82, 2.24) is 4.98 Å². The highest BCUT2D eigenvalue weighted by Crippen LogP contribution is 2.32. The topological polar surface area (TPSA) is 64.4 Å². The first-order chi connectivity index (χ1) is 14.0. The van der Waals surface area contributed by atoms with Gasteiger partial charge in [0.2, 0.25) is 0 Å². The lowest BCUT2D eigenvalue weighted by molar-refractivity contribution is 0.102. The Hall–Kier alpha value is -2.77. The maximum absolute atomic E-state index is 12.6. The summed E-state index contributed by atoms with van der Waals surface area (Å²) < 4.78 is 11.1. The molecule has 0 bridgehead atoms. The maximum Gasteiger partial charge on any atom is 0.257 e. The molecule has 7 heteroatoms. The second-order valence-corrected chi connectivity index (χ2v) is 9.21. The number of hydrogen-bond donors (Lipinski definition) is 1. The Kier molecular flexibility index (Phi) is 5.60. The molecular formula is C22H20N2O3S2. The average Bonchev–Trinajstić information content (AvgIpc) is 3.33. The molecule has 5 nitrogen and oxygen atoms in total. The Labute approximate surface area is 177 Å². The lowest BCUT2D eigenvalue weighted by Crippen LogP contribution is -2.11. The predicted molar refractivity (Wildman–Crippen MR) is 119 cm³/mol. The molecule has 0 aliphatic heterocycles. The number of thiazole rings is 1. The van der Waals surface area contributed by atoms with Crippen molar-refractivity contribution in [2.24, 2.45) is 0 Å². The summed E-state index contributed by atoms with van der Waals surface area (Å²) in [5, 5.41) is 6.71. The second kappa shape index (κ2) is 8.31. The quantitative estimate of drug-likeness (QED) is 0.367. The largest absolute Gasteiger partial charge is 0.497 e. The number of methoxy groups -OCH3 is 1. The molecular weight excluding hydrogens is 404 g/mol. The summed E-state index contributed by atoms with van der Waals surface area (Å²) in [6.07, 6.45) is 0. The van der Waals surface area contributed by atoms with Gasteiger partial charge in [-0.3, -0.25) is 10.1 Å². The number of amides is 1. The number of fused-ring (bicyclic) bond motifs is 1. The number of ether oxygens (including phenoxy) is 1. The zero-order valence-corrected chi connectivity index (χ0v) is 17.9. The average molecular weight is 425 g/mol. The SMILES string of the molecule is COc1ccc2cc(-c3csc(NC(=O)c4cccc(SC(C)C)c4)n3)oc2c1. The fourth-order valence-electron chi connectivity index (χ4n) is 2.86. The van der Waals surface area contributed by atoms with Crippen LogP contribution in [0, 0.1) is 0 Å². The lowest BCUT2D eigenvalue weighted by atomic mass is 10.2. The molecule has 0 spiro atoms. The van der Waals surface area contributed by atoms with E-state index in [1.54, 1.807) is 24.9 Å². The number of benzene rings is 2. The number of nitrogens with zero attached hydrogens (tertiary/aromatic N) is 1. The fourth-order valence-corrected chi connectivity index (χ4v) is 4.45. The Morgan fingerprint density at radius 2 is 2.07 bits per heavy atom. The molecule has 0 atom stereocenters. The molecule has 0 radical (unpaired) electrons. The number of aromatic nitrogens is 1. The van der Waals surface area contributed by atoms with Crippen LogP contribution in [0.1, 0.15) is 24.2 Å². The van der Waals surface area contributed by atoms with Gasteiger partial charge in [-0.2, -0.15) is 0 Å². The number of furan rings is 1. The van der Waals surface area contributed by atoms with E-state index in [0.717, 1.165) is 21.6 Å². The van der Waals surface area contributed by atoms with Gasteiger partial charge in [-0.1, -0.05) is 19.9 Å². The number of nitrogens with one attached hydrogen (secondary N) is 1. The van der Waals surface area contributed by atoms with Gasteiger partial charge in [-0.15, -0.1) is 23.1 Å². The first kappa shape index (κ1) is 19.5. The van der Waals surface area contributed by atoms with Crippen LogP contribution in [0.3, 0.4) is 0 Å². The molecule has 4 aromatic rings. The minimum atomic E-state index is -0.175. The Morgan fingerprint density at radius 1 is 1.21 bits per heavy atom. The van der Waals surface area contributed by atoms with Crippen molar-refractivity contribution in [3.8, 4) is 17.2 Å². The first-order valence-corrected chi connectivity index (χ1v) is 10.9. The summed E-state index contributed by atoms with van der Waals surface area (Å²) in [4.78, 5) is 18.2. The van der Waals surface area contributed by atoms with E-state index in [0.29, 0.717) is 27.4 Å². The minimum Gasteiger partial charge on any atom is -0.497 e. The van der Waals surface area contributed by atoms with Gasteiger partial charge in [-0.25, -0.2) is 4.98 Å². The smallest absolute Gasteiger partial charge is 0.257 e. The maximum atomic E-state index is 12.6. The summed E-state index contributed by atoms with van der Waals surface area (Å²) in [6.45, 7) is 4.26. The van der Waals surface area contributed by atoms with Crippen LogP contribution >= 0.6 is 23.1 Å². The van der Waals surface area contributed by atoms with Gasteiger partial charge in [0.05, 0.1) is 7.11 Å². The number of anilines is 1. The third kappa shape index (κ3) is 4.46. The molecule has 0 unspecified atom stereocenters. The molecule has 0 aliphatic carbocycles. The summed E-state index contributed by atoms with van der Waals surface area (Å²) in [5.41, 5.74) is 2.03. The second-order valence-electron chi connectivity index (χ2n) is 6.70. The number of hydrogen-bond acceptors (Lipinski definition) is 6. The zero-order chi connectivity index (χ0) is 20.4. The zero-order valence-electron chi connectivity index (χ0n) is 16.3. The van der Waals surface area contributed by atoms with Gasteiger partial charge in [0.1, 0.15) is 17.0 Å². The summed E-state index contributed by atoms with van der Waals surface area (Å²) in [6, 6.07) is 15.2. The number of rotatable bonds is 6. The van der Waals surface area contributed by atoms with Crippen LogP contribution in [-0.2, 0) is 0 Å². The molecule has 0 saturated heterocycles. The Morgan fingerprint density at radius 3 is 2.86 bits per heavy atom. The molecule has 4 rings (SSSR count). The van der Waals surface area contributed by atoms with Crippen molar-refractivity contribution in [3.05, 3.63) is 59.5 Å². The highest BCUT2D eigenvalue weighted by Gasteiger charge is 2.14. The third-order valence-electron chi connectivity index (χ3n) is 4.17. The van der Waals surface area contributed by atoms with Gasteiger partial charge >= 0.3 is 0 Å². The van der Waals surface area contributed by atoms with Crippen molar-refractivity contribution in [2.45, 2.75) is 24.0 Å². The van der Waals surface area contributed by atoms with Crippen molar-refractivity contribution in [3.63, 3.8) is 0 Å². The van der Waals surface area contributed by atoms with Crippen LogP contribution in [0.15, 0.2) is 63.2 Å². The minimum absolute atomic E-state index is 0.175. The van der Waals surface area contributed by atoms with Crippen molar-refractivity contribution >= 4 is 45.1 Å². The molecule has 2 aromatic carbocycles. The molecule has 1 amide bonds. The van der Waals surface area contributed by atoms with Crippen LogP contribution in [0.25, 0.3) is 22.4 Å². The van der Waals surface area contributed by atoms with Gasteiger partial charge in [-0.05, 0) is 36.4 Å². The monoisotopic (exact) mass is 424 g/mol. The number of thioether (sulfide) groups is 1. The molecule has 0 fully saturated rings. The Bertz CT molecular complexity index is 1160. The highest BCUT2D eigenvalue weighted by atomic mass is 32.2. The summed E-state index contributed by atoms with van der Waals surface area (Å²) in [5.74, 6) is 1.22. The normalized spacial score (nSPS) is 11.2. The molecule has 2 heterocycles. The predicted octanol–water partition coefficient (Wildman–Crippen LogP) is 6.32. The third-order valence-corrected chi connectivity index (χ3v) is 5.93. The number of carbonyl (C=O) groups is 1. The molecule has 0 saturated carbocycles. The van der Waals surface area contributed by atoms with E-state index >= 15 is 0 Å². The van der Waals surface area contributed by atoms with Crippen LogP contribution in [0.4, 0.5) is 5.13 Å². The lowest BCUT2D eigenvalue weighted by Gasteiger charge is -2.07. The van der Waals surface area contributed by atoms with E-state index in [1.807, 2.05) is 47.8 Å². The fraction of sp³-hybridized carbons (Fsp3) is 0.182. The summed E-state index contributed by atoms with van der Waals surface area (Å²) in [7, 11) is 1.62. The standard InChI is InChI=1S/C22H20N2O3S2/c1-13(2)29-17-6-4-5-15(9-17)21(25)24-22-23-18(12-28-22)20-10-14-7-8-16(26-3)11-19(14)27-20/h4-13H,1-3H3,(H,23,24,25). The van der Waals surface area contributed by atoms with Crippen LogP contribution in [0.5, 0.6) is 5.75 Å². The first-order valence-electron chi connectivity index (χ1n) is 9.13. The molecule has 2 aromatic heterocycles. The van der Waals surface area contributed by atoms with Gasteiger partial charge in [0, 0.05) is 32.5 Å². The van der Waals surface area contributed by atoms with Crippen LogP contribution in [-0.4, -0.2) is 23.3 Å². The van der Waals surface area contributed by atoms with Gasteiger partial charge in [0.15, 0.2) is 10.9 Å². The summed E-state index contributed by atoms with van der Waals surface area (Å²) >= 11 is 3.09. The van der Waals surface area contributed by atoms with E-state index in [4.69, 9.17) is 9.15 Å². The van der Waals surface area contributed by atoms with Crippen molar-refractivity contribution in [2.75, 3.05) is 12.4 Å². The van der Waals surface area contributed by atoms with E-state index in [-0.39, 0.29) is 5.91 Å². The molecule has 0 aliphatic rings. The van der Waals surface area contributed by atoms with E-state index in [9.17, 15) is 4.79 Å². The van der Waals surface area contributed by atoms with Gasteiger partial charge < -0.3 is 9.15 Å². The number of carbonyl (C=O) groups excluding carboxylic acids is 1.